The van der Waals surface area contributed by atoms with Gasteiger partial charge in [0.05, 0.1) is 10.6 Å². The van der Waals surface area contributed by atoms with Crippen molar-refractivity contribution >= 4 is 23.4 Å². The summed E-state index contributed by atoms with van der Waals surface area (Å²) < 4.78 is 40.1. The predicted octanol–water partition coefficient (Wildman–Crippen LogP) is 3.12. The average molecular weight is 431 g/mol. The minimum atomic E-state index is -4.49. The summed E-state index contributed by atoms with van der Waals surface area (Å²) in [6.45, 7) is 4.99. The van der Waals surface area contributed by atoms with Crippen LogP contribution >= 0.6 is 11.6 Å². The Morgan fingerprint density at radius 3 is 2.62 bits per heavy atom. The number of carbonyl (C=O) groups is 1. The second-order valence-corrected chi connectivity index (χ2v) is 7.43. The van der Waals surface area contributed by atoms with Gasteiger partial charge in [-0.3, -0.25) is 4.68 Å². The second-order valence-electron chi connectivity index (χ2n) is 7.02. The summed E-state index contributed by atoms with van der Waals surface area (Å²) in [5.74, 6) is 0.517. The van der Waals surface area contributed by atoms with Crippen molar-refractivity contribution in [2.45, 2.75) is 19.6 Å². The minimum absolute atomic E-state index is 0.0508. The number of anilines is 1. The third-order valence-electron chi connectivity index (χ3n) is 4.68. The van der Waals surface area contributed by atoms with E-state index < -0.39 is 11.7 Å². The predicted molar refractivity (Wildman–Crippen MR) is 103 cm³/mol. The first-order valence-corrected chi connectivity index (χ1v) is 9.59. The van der Waals surface area contributed by atoms with Crippen molar-refractivity contribution in [2.24, 2.45) is 5.92 Å². The van der Waals surface area contributed by atoms with Crippen molar-refractivity contribution < 1.29 is 18.0 Å². The molecule has 0 saturated carbocycles. The van der Waals surface area contributed by atoms with E-state index in [0.717, 1.165) is 12.3 Å². The fourth-order valence-corrected chi connectivity index (χ4v) is 3.39. The lowest BCUT2D eigenvalue weighted by Gasteiger charge is -2.36. The number of aromatic nitrogens is 3. The van der Waals surface area contributed by atoms with E-state index in [1.165, 1.54) is 0 Å². The molecule has 2 aromatic rings. The van der Waals surface area contributed by atoms with Gasteiger partial charge in [0.15, 0.2) is 0 Å². The van der Waals surface area contributed by atoms with Crippen molar-refractivity contribution in [3.63, 3.8) is 0 Å². The van der Waals surface area contributed by atoms with E-state index in [4.69, 9.17) is 11.6 Å². The first-order chi connectivity index (χ1) is 13.7. The SMILES string of the molecule is CC(CNC(=O)N1CCN(c2ncc(C(F)(F)F)cc2Cl)CC1)Cn1cccn1. The fourth-order valence-electron chi connectivity index (χ4n) is 3.11. The lowest BCUT2D eigenvalue weighted by molar-refractivity contribution is -0.137. The van der Waals surface area contributed by atoms with Crippen LogP contribution in [0.2, 0.25) is 5.02 Å². The molecule has 0 radical (unpaired) electrons. The van der Waals surface area contributed by atoms with E-state index in [1.54, 1.807) is 16.0 Å². The van der Waals surface area contributed by atoms with Gasteiger partial charge in [0.25, 0.3) is 0 Å². The van der Waals surface area contributed by atoms with Crippen molar-refractivity contribution in [2.75, 3.05) is 37.6 Å². The van der Waals surface area contributed by atoms with Gasteiger partial charge in [0.2, 0.25) is 0 Å². The number of rotatable bonds is 5. The standard InChI is InChI=1S/C18H22ClF3N6O/c1-13(12-28-4-2-3-25-28)10-24-17(29)27-7-5-26(6-8-27)16-15(19)9-14(11-23-16)18(20,21)22/h2-4,9,11,13H,5-8,10,12H2,1H3,(H,24,29). The van der Waals surface area contributed by atoms with Gasteiger partial charge >= 0.3 is 12.2 Å². The number of hydrogen-bond acceptors (Lipinski definition) is 4. The van der Waals surface area contributed by atoms with Gasteiger partial charge in [-0.15, -0.1) is 0 Å². The molecule has 1 saturated heterocycles. The molecule has 1 unspecified atom stereocenters. The molecule has 2 aromatic heterocycles. The summed E-state index contributed by atoms with van der Waals surface area (Å²) in [5.41, 5.74) is -0.881. The van der Waals surface area contributed by atoms with Crippen LogP contribution < -0.4 is 10.2 Å². The maximum atomic E-state index is 12.7. The molecule has 7 nitrogen and oxygen atoms in total. The van der Waals surface area contributed by atoms with Crippen LogP contribution in [0.25, 0.3) is 0 Å². The molecule has 1 fully saturated rings. The molecule has 0 aromatic carbocycles. The molecular weight excluding hydrogens is 409 g/mol. The van der Waals surface area contributed by atoms with E-state index in [-0.39, 0.29) is 17.0 Å². The first kappa shape index (κ1) is 21.2. The molecule has 29 heavy (non-hydrogen) atoms. The summed E-state index contributed by atoms with van der Waals surface area (Å²) in [7, 11) is 0. The van der Waals surface area contributed by atoms with Gasteiger partial charge < -0.3 is 15.1 Å². The summed E-state index contributed by atoms with van der Waals surface area (Å²) >= 11 is 6.01. The van der Waals surface area contributed by atoms with Gasteiger partial charge in [-0.1, -0.05) is 18.5 Å². The van der Waals surface area contributed by atoms with Gasteiger partial charge in [0.1, 0.15) is 5.82 Å². The van der Waals surface area contributed by atoms with Crippen LogP contribution in [0, 0.1) is 5.92 Å². The van der Waals surface area contributed by atoms with E-state index >= 15 is 0 Å². The Hall–Kier alpha value is -2.49. The first-order valence-electron chi connectivity index (χ1n) is 9.22. The lowest BCUT2D eigenvalue weighted by Crippen LogP contribution is -2.52. The number of nitrogens with zero attached hydrogens (tertiary/aromatic N) is 5. The Bertz CT molecular complexity index is 821. The van der Waals surface area contributed by atoms with E-state index in [1.807, 2.05) is 23.9 Å². The Kier molecular flexibility index (Phi) is 6.51. The molecule has 1 aliphatic rings. The number of alkyl halides is 3. The zero-order valence-corrected chi connectivity index (χ0v) is 16.6. The summed E-state index contributed by atoms with van der Waals surface area (Å²) in [5, 5.41) is 7.01. The highest BCUT2D eigenvalue weighted by Crippen LogP contribution is 2.33. The van der Waals surface area contributed by atoms with Crippen LogP contribution in [0.15, 0.2) is 30.7 Å². The van der Waals surface area contributed by atoms with Gasteiger partial charge in [-0.05, 0) is 18.1 Å². The molecule has 0 aliphatic carbocycles. The molecule has 1 atom stereocenters. The normalized spacial score (nSPS) is 16.0. The second kappa shape index (κ2) is 8.89. The number of amides is 2. The summed E-state index contributed by atoms with van der Waals surface area (Å²) in [4.78, 5) is 19.7. The lowest BCUT2D eigenvalue weighted by atomic mass is 10.2. The maximum Gasteiger partial charge on any atom is 0.417 e. The largest absolute Gasteiger partial charge is 0.417 e. The molecule has 158 valence electrons. The molecule has 3 rings (SSSR count). The Balaban J connectivity index is 1.48. The monoisotopic (exact) mass is 430 g/mol. The highest BCUT2D eigenvalue weighted by Gasteiger charge is 2.32. The topological polar surface area (TPSA) is 66.3 Å². The zero-order valence-electron chi connectivity index (χ0n) is 15.9. The van der Waals surface area contributed by atoms with Crippen LogP contribution in [0.3, 0.4) is 0 Å². The third kappa shape index (κ3) is 5.53. The molecule has 1 N–H and O–H groups in total. The number of piperazine rings is 1. The zero-order chi connectivity index (χ0) is 21.0. The average Bonchev–Trinajstić information content (AvgIpc) is 3.18. The highest BCUT2D eigenvalue weighted by atomic mass is 35.5. The summed E-state index contributed by atoms with van der Waals surface area (Å²) in [6, 6.07) is 2.57. The molecule has 3 heterocycles. The molecule has 0 bridgehead atoms. The van der Waals surface area contributed by atoms with Gasteiger partial charge in [-0.25, -0.2) is 9.78 Å². The van der Waals surface area contributed by atoms with Crippen LogP contribution in [-0.4, -0.2) is 58.4 Å². The van der Waals surface area contributed by atoms with E-state index in [9.17, 15) is 18.0 Å². The fraction of sp³-hybridized carbons (Fsp3) is 0.500. The molecule has 11 heteroatoms. The number of halogens is 4. The molecule has 0 spiro atoms. The van der Waals surface area contributed by atoms with Crippen molar-refractivity contribution in [1.29, 1.82) is 0 Å². The maximum absolute atomic E-state index is 12.7. The Labute approximate surface area is 171 Å². The van der Waals surface area contributed by atoms with Crippen molar-refractivity contribution in [3.8, 4) is 0 Å². The number of urea groups is 1. The van der Waals surface area contributed by atoms with E-state index in [0.29, 0.717) is 45.1 Å². The number of hydrogen-bond donors (Lipinski definition) is 1. The van der Waals surface area contributed by atoms with Gasteiger partial charge in [-0.2, -0.15) is 18.3 Å². The van der Waals surface area contributed by atoms with E-state index in [2.05, 4.69) is 15.4 Å². The smallest absolute Gasteiger partial charge is 0.352 e. The Morgan fingerprint density at radius 2 is 2.03 bits per heavy atom. The third-order valence-corrected chi connectivity index (χ3v) is 4.95. The highest BCUT2D eigenvalue weighted by molar-refractivity contribution is 6.33. The number of carbonyl (C=O) groups excluding carboxylic acids is 1. The minimum Gasteiger partial charge on any atom is -0.352 e. The van der Waals surface area contributed by atoms with Crippen molar-refractivity contribution in [1.82, 2.24) is 25.0 Å². The van der Waals surface area contributed by atoms with Crippen LogP contribution in [-0.2, 0) is 12.7 Å². The van der Waals surface area contributed by atoms with Crippen molar-refractivity contribution in [3.05, 3.63) is 41.3 Å². The van der Waals surface area contributed by atoms with Crippen LogP contribution in [0.5, 0.6) is 0 Å². The number of pyridine rings is 1. The van der Waals surface area contributed by atoms with Crippen LogP contribution in [0.1, 0.15) is 12.5 Å². The molecule has 2 amide bonds. The molecule has 1 aliphatic heterocycles. The molecular formula is C18H22ClF3N6O. The van der Waals surface area contributed by atoms with Crippen LogP contribution in [0.4, 0.5) is 23.8 Å². The summed E-state index contributed by atoms with van der Waals surface area (Å²) in [6.07, 6.45) is -0.123. The Morgan fingerprint density at radius 1 is 1.31 bits per heavy atom. The van der Waals surface area contributed by atoms with Gasteiger partial charge in [0, 0.05) is 57.9 Å². The number of nitrogens with one attached hydrogen (secondary N) is 1. The quantitative estimate of drug-likeness (QED) is 0.791.